The van der Waals surface area contributed by atoms with Crippen LogP contribution in [0.4, 0.5) is 10.1 Å². The molecule has 0 fully saturated rings. The highest BCUT2D eigenvalue weighted by molar-refractivity contribution is 9.10. The van der Waals surface area contributed by atoms with Crippen molar-refractivity contribution in [2.75, 3.05) is 5.32 Å². The van der Waals surface area contributed by atoms with Gasteiger partial charge >= 0.3 is 0 Å². The Labute approximate surface area is 129 Å². The first kappa shape index (κ1) is 13.8. The highest BCUT2D eigenvalue weighted by Crippen LogP contribution is 2.21. The lowest BCUT2D eigenvalue weighted by molar-refractivity contribution is 0.620. The van der Waals surface area contributed by atoms with Crippen LogP contribution in [-0.2, 0) is 6.54 Å². The number of aromatic nitrogens is 3. The lowest BCUT2D eigenvalue weighted by Crippen LogP contribution is -2.05. The lowest BCUT2D eigenvalue weighted by atomic mass is 10.2. The van der Waals surface area contributed by atoms with Crippen LogP contribution < -0.4 is 5.32 Å². The molecule has 0 unspecified atom stereocenters. The summed E-state index contributed by atoms with van der Waals surface area (Å²) in [6.45, 7) is 0.588. The van der Waals surface area contributed by atoms with Crippen LogP contribution in [0, 0.1) is 5.82 Å². The van der Waals surface area contributed by atoms with E-state index < -0.39 is 0 Å². The highest BCUT2D eigenvalue weighted by Gasteiger charge is 2.05. The van der Waals surface area contributed by atoms with Gasteiger partial charge in [0, 0.05) is 6.54 Å². The monoisotopic (exact) mass is 346 g/mol. The maximum Gasteiger partial charge on any atom is 0.137 e. The number of benzene rings is 2. The maximum atomic E-state index is 13.2. The van der Waals surface area contributed by atoms with Gasteiger partial charge in [-0.15, -0.1) is 5.10 Å². The standard InChI is InChI=1S/C15H12BrFN4/c16-12-9-11(5-6-13(12)17)10-18-14-3-1-2-4-15(14)21-8-7-19-20-21/h1-9,18H,10H2. The first-order chi connectivity index (χ1) is 10.2. The lowest BCUT2D eigenvalue weighted by Gasteiger charge is -2.12. The molecule has 2 aromatic carbocycles. The quantitative estimate of drug-likeness (QED) is 0.781. The van der Waals surface area contributed by atoms with Crippen molar-refractivity contribution in [3.63, 3.8) is 0 Å². The van der Waals surface area contributed by atoms with Gasteiger partial charge in [0.25, 0.3) is 0 Å². The molecule has 0 bridgehead atoms. The third kappa shape index (κ3) is 3.11. The van der Waals surface area contributed by atoms with E-state index in [1.54, 1.807) is 29.2 Å². The average Bonchev–Trinajstić information content (AvgIpc) is 3.03. The van der Waals surface area contributed by atoms with Crippen molar-refractivity contribution in [1.82, 2.24) is 15.0 Å². The predicted molar refractivity (Wildman–Crippen MR) is 82.8 cm³/mol. The van der Waals surface area contributed by atoms with E-state index in [-0.39, 0.29) is 5.82 Å². The number of rotatable bonds is 4. The molecule has 4 nitrogen and oxygen atoms in total. The molecule has 0 atom stereocenters. The van der Waals surface area contributed by atoms with Crippen molar-refractivity contribution in [1.29, 1.82) is 0 Å². The summed E-state index contributed by atoms with van der Waals surface area (Å²) in [5.74, 6) is -0.262. The molecule has 0 spiro atoms. The Kier molecular flexibility index (Phi) is 3.96. The first-order valence-electron chi connectivity index (χ1n) is 6.37. The van der Waals surface area contributed by atoms with Gasteiger partial charge in [0.2, 0.25) is 0 Å². The second-order valence-corrected chi connectivity index (χ2v) is 5.32. The summed E-state index contributed by atoms with van der Waals surface area (Å²) in [5.41, 5.74) is 2.83. The molecule has 0 aliphatic heterocycles. The van der Waals surface area contributed by atoms with Crippen LogP contribution in [-0.4, -0.2) is 15.0 Å². The van der Waals surface area contributed by atoms with Gasteiger partial charge in [-0.25, -0.2) is 9.07 Å². The van der Waals surface area contributed by atoms with Crippen molar-refractivity contribution in [2.45, 2.75) is 6.54 Å². The first-order valence-corrected chi connectivity index (χ1v) is 7.17. The van der Waals surface area contributed by atoms with Gasteiger partial charge in [-0.1, -0.05) is 23.4 Å². The largest absolute Gasteiger partial charge is 0.379 e. The minimum atomic E-state index is -0.262. The third-order valence-corrected chi connectivity index (χ3v) is 3.65. The number of hydrogen-bond donors (Lipinski definition) is 1. The minimum Gasteiger partial charge on any atom is -0.379 e. The van der Waals surface area contributed by atoms with E-state index in [1.807, 2.05) is 24.3 Å². The summed E-state index contributed by atoms with van der Waals surface area (Å²) >= 11 is 3.19. The van der Waals surface area contributed by atoms with Gasteiger partial charge in [-0.05, 0) is 45.8 Å². The second-order valence-electron chi connectivity index (χ2n) is 4.47. The van der Waals surface area contributed by atoms with E-state index in [2.05, 4.69) is 31.6 Å². The van der Waals surface area contributed by atoms with Crippen LogP contribution in [0.15, 0.2) is 59.3 Å². The van der Waals surface area contributed by atoms with E-state index in [4.69, 9.17) is 0 Å². The van der Waals surface area contributed by atoms with Gasteiger partial charge < -0.3 is 5.32 Å². The molecule has 0 saturated carbocycles. The fourth-order valence-electron chi connectivity index (χ4n) is 2.01. The van der Waals surface area contributed by atoms with E-state index in [1.165, 1.54) is 6.07 Å². The Hall–Kier alpha value is -2.21. The molecule has 1 heterocycles. The van der Waals surface area contributed by atoms with E-state index in [0.717, 1.165) is 16.9 Å². The summed E-state index contributed by atoms with van der Waals surface area (Å²) in [7, 11) is 0. The topological polar surface area (TPSA) is 42.7 Å². The molecule has 0 radical (unpaired) electrons. The third-order valence-electron chi connectivity index (χ3n) is 3.04. The molecule has 0 aliphatic carbocycles. The van der Waals surface area contributed by atoms with E-state index in [0.29, 0.717) is 11.0 Å². The van der Waals surface area contributed by atoms with Crippen LogP contribution in [0.5, 0.6) is 0 Å². The smallest absolute Gasteiger partial charge is 0.137 e. The van der Waals surface area contributed by atoms with Crippen molar-refractivity contribution in [3.8, 4) is 5.69 Å². The van der Waals surface area contributed by atoms with Gasteiger partial charge in [0.1, 0.15) is 5.82 Å². The van der Waals surface area contributed by atoms with Gasteiger partial charge in [-0.3, -0.25) is 0 Å². The zero-order valence-corrected chi connectivity index (χ0v) is 12.6. The SMILES string of the molecule is Fc1ccc(CNc2ccccc2-n2ccnn2)cc1Br. The summed E-state index contributed by atoms with van der Waals surface area (Å²) in [4.78, 5) is 0. The zero-order chi connectivity index (χ0) is 14.7. The Balaban J connectivity index is 1.81. The predicted octanol–water partition coefficient (Wildman–Crippen LogP) is 3.78. The molecular formula is C15H12BrFN4. The van der Waals surface area contributed by atoms with Gasteiger partial charge in [0.05, 0.1) is 28.2 Å². The number of nitrogens with one attached hydrogen (secondary N) is 1. The molecule has 6 heteroatoms. The molecule has 21 heavy (non-hydrogen) atoms. The van der Waals surface area contributed by atoms with Crippen LogP contribution in [0.2, 0.25) is 0 Å². The summed E-state index contributed by atoms with van der Waals surface area (Å²) < 4.78 is 15.4. The number of halogens is 2. The van der Waals surface area contributed by atoms with Crippen molar-refractivity contribution < 1.29 is 4.39 Å². The average molecular weight is 347 g/mol. The molecule has 3 rings (SSSR count). The number of para-hydroxylation sites is 2. The summed E-state index contributed by atoms with van der Waals surface area (Å²) in [6, 6.07) is 12.8. The number of hydrogen-bond acceptors (Lipinski definition) is 3. The number of nitrogens with zero attached hydrogens (tertiary/aromatic N) is 3. The Bertz CT molecular complexity index is 743. The van der Waals surface area contributed by atoms with Crippen LogP contribution >= 0.6 is 15.9 Å². The van der Waals surface area contributed by atoms with E-state index in [9.17, 15) is 4.39 Å². The molecule has 1 N–H and O–H groups in total. The van der Waals surface area contributed by atoms with Crippen molar-refractivity contribution in [3.05, 3.63) is 70.7 Å². The Morgan fingerprint density at radius 1 is 1.19 bits per heavy atom. The molecule has 106 valence electrons. The van der Waals surface area contributed by atoms with Crippen molar-refractivity contribution >= 4 is 21.6 Å². The molecule has 0 amide bonds. The zero-order valence-electron chi connectivity index (χ0n) is 11.0. The Morgan fingerprint density at radius 2 is 2.05 bits per heavy atom. The molecule has 3 aromatic rings. The molecule has 1 aromatic heterocycles. The molecule has 0 aliphatic rings. The highest BCUT2D eigenvalue weighted by atomic mass is 79.9. The van der Waals surface area contributed by atoms with Crippen LogP contribution in [0.1, 0.15) is 5.56 Å². The fraction of sp³-hybridized carbons (Fsp3) is 0.0667. The van der Waals surface area contributed by atoms with E-state index >= 15 is 0 Å². The maximum absolute atomic E-state index is 13.2. The summed E-state index contributed by atoms with van der Waals surface area (Å²) in [6.07, 6.45) is 3.42. The fourth-order valence-corrected chi connectivity index (χ4v) is 2.43. The normalized spacial score (nSPS) is 10.6. The van der Waals surface area contributed by atoms with Gasteiger partial charge in [0.15, 0.2) is 0 Å². The number of anilines is 1. The van der Waals surface area contributed by atoms with Crippen LogP contribution in [0.3, 0.4) is 0 Å². The van der Waals surface area contributed by atoms with Crippen LogP contribution in [0.25, 0.3) is 5.69 Å². The minimum absolute atomic E-state index is 0.262. The van der Waals surface area contributed by atoms with Gasteiger partial charge in [-0.2, -0.15) is 0 Å². The summed E-state index contributed by atoms with van der Waals surface area (Å²) in [5, 5.41) is 11.1. The van der Waals surface area contributed by atoms with Crippen molar-refractivity contribution in [2.24, 2.45) is 0 Å². The molecular weight excluding hydrogens is 335 g/mol. The Morgan fingerprint density at radius 3 is 2.81 bits per heavy atom. The second kappa shape index (κ2) is 6.05. The molecule has 0 saturated heterocycles.